The molecule has 3 rings (SSSR count). The van der Waals surface area contributed by atoms with Crippen molar-refractivity contribution in [3.63, 3.8) is 0 Å². The van der Waals surface area contributed by atoms with Gasteiger partial charge in [0.25, 0.3) is 0 Å². The molecule has 0 aliphatic heterocycles. The summed E-state index contributed by atoms with van der Waals surface area (Å²) in [4.78, 5) is 16.8. The van der Waals surface area contributed by atoms with E-state index >= 15 is 0 Å². The lowest BCUT2D eigenvalue weighted by Crippen LogP contribution is -2.24. The van der Waals surface area contributed by atoms with E-state index in [4.69, 9.17) is 0 Å². The van der Waals surface area contributed by atoms with Crippen molar-refractivity contribution >= 4 is 28.7 Å². The molecule has 24 heavy (non-hydrogen) atoms. The molecule has 0 aliphatic rings. The van der Waals surface area contributed by atoms with Crippen LogP contribution in [0.1, 0.15) is 18.2 Å². The molecule has 0 aliphatic carbocycles. The van der Waals surface area contributed by atoms with Gasteiger partial charge in [0.2, 0.25) is 5.91 Å². The van der Waals surface area contributed by atoms with Gasteiger partial charge in [-0.05, 0) is 26.0 Å². The van der Waals surface area contributed by atoms with Crippen LogP contribution in [-0.2, 0) is 24.9 Å². The molecule has 2 aromatic heterocycles. The fourth-order valence-electron chi connectivity index (χ4n) is 2.67. The van der Waals surface area contributed by atoms with Crippen molar-refractivity contribution in [2.75, 3.05) is 5.75 Å². The molecule has 1 aromatic carbocycles. The molecule has 7 heteroatoms. The second-order valence-electron chi connectivity index (χ2n) is 5.61. The average Bonchev–Trinajstić information content (AvgIpc) is 3.09. The lowest BCUT2D eigenvalue weighted by molar-refractivity contribution is -0.118. The topological polar surface area (TPSA) is 64.7 Å². The Bertz CT molecular complexity index is 867. The molecule has 0 spiro atoms. The lowest BCUT2D eigenvalue weighted by atomic mass is 10.2. The van der Waals surface area contributed by atoms with E-state index in [1.165, 1.54) is 11.8 Å². The maximum atomic E-state index is 12.1. The van der Waals surface area contributed by atoms with Gasteiger partial charge >= 0.3 is 0 Å². The highest BCUT2D eigenvalue weighted by Crippen LogP contribution is 2.23. The van der Waals surface area contributed by atoms with Crippen LogP contribution in [0.5, 0.6) is 0 Å². The van der Waals surface area contributed by atoms with Crippen LogP contribution in [0.3, 0.4) is 0 Å². The second-order valence-corrected chi connectivity index (χ2v) is 6.55. The van der Waals surface area contributed by atoms with Gasteiger partial charge < -0.3 is 9.88 Å². The maximum absolute atomic E-state index is 12.1. The van der Waals surface area contributed by atoms with Gasteiger partial charge in [0.05, 0.1) is 22.5 Å². The summed E-state index contributed by atoms with van der Waals surface area (Å²) in [5.74, 6) is 0.348. The van der Waals surface area contributed by atoms with Crippen LogP contribution in [0.4, 0.5) is 0 Å². The Morgan fingerprint density at radius 1 is 1.33 bits per heavy atom. The van der Waals surface area contributed by atoms with Crippen molar-refractivity contribution in [3.05, 3.63) is 41.7 Å². The Labute approximate surface area is 145 Å². The van der Waals surface area contributed by atoms with Gasteiger partial charge in [-0.15, -0.1) is 0 Å². The molecule has 0 radical (unpaired) electrons. The van der Waals surface area contributed by atoms with Crippen molar-refractivity contribution in [2.24, 2.45) is 7.05 Å². The highest BCUT2D eigenvalue weighted by Gasteiger charge is 2.12. The van der Waals surface area contributed by atoms with Crippen molar-refractivity contribution < 1.29 is 4.79 Å². The predicted molar refractivity (Wildman–Crippen MR) is 95.9 cm³/mol. The molecule has 3 aromatic rings. The zero-order valence-electron chi connectivity index (χ0n) is 14.1. The van der Waals surface area contributed by atoms with Gasteiger partial charge in [-0.2, -0.15) is 5.10 Å². The Hall–Kier alpha value is -2.28. The van der Waals surface area contributed by atoms with Gasteiger partial charge in [0.1, 0.15) is 0 Å². The molecule has 1 N–H and O–H groups in total. The predicted octanol–water partition coefficient (Wildman–Crippen LogP) is 2.51. The van der Waals surface area contributed by atoms with Crippen molar-refractivity contribution in [3.8, 4) is 0 Å². The van der Waals surface area contributed by atoms with Crippen molar-refractivity contribution in [1.29, 1.82) is 0 Å². The summed E-state index contributed by atoms with van der Waals surface area (Å²) in [6.07, 6.45) is 1.93. The molecule has 2 heterocycles. The van der Waals surface area contributed by atoms with Gasteiger partial charge in [-0.1, -0.05) is 23.9 Å². The minimum absolute atomic E-state index is 0.00189. The van der Waals surface area contributed by atoms with E-state index in [0.29, 0.717) is 12.3 Å². The summed E-state index contributed by atoms with van der Waals surface area (Å²) in [5.41, 5.74) is 4.05. The normalized spacial score (nSPS) is 11.1. The number of aromatic nitrogens is 4. The average molecular weight is 343 g/mol. The van der Waals surface area contributed by atoms with Crippen LogP contribution in [0.2, 0.25) is 0 Å². The summed E-state index contributed by atoms with van der Waals surface area (Å²) in [6.45, 7) is 5.37. The number of nitrogens with zero attached hydrogens (tertiary/aromatic N) is 4. The molecule has 0 unspecified atom stereocenters. The number of para-hydroxylation sites is 2. The van der Waals surface area contributed by atoms with E-state index in [0.717, 1.165) is 34.0 Å². The van der Waals surface area contributed by atoms with Crippen LogP contribution >= 0.6 is 11.8 Å². The fraction of sp³-hybridized carbons (Fsp3) is 0.353. The highest BCUT2D eigenvalue weighted by atomic mass is 32.2. The Balaban J connectivity index is 1.61. The maximum Gasteiger partial charge on any atom is 0.230 e. The summed E-state index contributed by atoms with van der Waals surface area (Å²) in [7, 11) is 1.88. The first-order valence-electron chi connectivity index (χ1n) is 7.92. The molecule has 1 amide bonds. The molecular formula is C17H21N5OS. The third-order valence-electron chi connectivity index (χ3n) is 3.86. The van der Waals surface area contributed by atoms with E-state index in [2.05, 4.69) is 33.0 Å². The first-order chi connectivity index (χ1) is 11.6. The number of benzene rings is 1. The molecule has 0 saturated heterocycles. The van der Waals surface area contributed by atoms with Crippen LogP contribution < -0.4 is 5.32 Å². The van der Waals surface area contributed by atoms with Crippen molar-refractivity contribution in [1.82, 2.24) is 24.6 Å². The zero-order valence-corrected chi connectivity index (χ0v) is 14.9. The molecule has 0 atom stereocenters. The molecule has 0 bridgehead atoms. The van der Waals surface area contributed by atoms with E-state index in [1.54, 1.807) is 4.68 Å². The largest absolute Gasteiger partial charge is 0.351 e. The summed E-state index contributed by atoms with van der Waals surface area (Å²) in [6, 6.07) is 8.04. The van der Waals surface area contributed by atoms with Crippen LogP contribution in [0, 0.1) is 6.92 Å². The molecule has 0 saturated carbocycles. The van der Waals surface area contributed by atoms with Gasteiger partial charge in [0.15, 0.2) is 5.16 Å². The molecule has 0 fully saturated rings. The molecule has 6 nitrogen and oxygen atoms in total. The summed E-state index contributed by atoms with van der Waals surface area (Å²) in [5, 5.41) is 8.10. The molecular weight excluding hydrogens is 322 g/mol. The number of amides is 1. The second kappa shape index (κ2) is 7.09. The lowest BCUT2D eigenvalue weighted by Gasteiger charge is -2.06. The number of aryl methyl sites for hydroxylation is 3. The van der Waals surface area contributed by atoms with Gasteiger partial charge in [-0.25, -0.2) is 4.98 Å². The number of hydrogen-bond acceptors (Lipinski definition) is 4. The van der Waals surface area contributed by atoms with Gasteiger partial charge in [0, 0.05) is 31.9 Å². The van der Waals surface area contributed by atoms with Crippen LogP contribution in [-0.4, -0.2) is 31.0 Å². The fourth-order valence-corrected chi connectivity index (χ4v) is 3.57. The number of carbonyl (C=O) groups excluding carboxylic acids is 1. The number of rotatable bonds is 6. The van der Waals surface area contributed by atoms with Gasteiger partial charge in [-0.3, -0.25) is 9.48 Å². The smallest absolute Gasteiger partial charge is 0.230 e. The monoisotopic (exact) mass is 343 g/mol. The quantitative estimate of drug-likeness (QED) is 0.699. The van der Waals surface area contributed by atoms with E-state index in [-0.39, 0.29) is 5.91 Å². The Morgan fingerprint density at radius 2 is 2.12 bits per heavy atom. The zero-order chi connectivity index (χ0) is 17.1. The van der Waals surface area contributed by atoms with Crippen molar-refractivity contribution in [2.45, 2.75) is 32.1 Å². The summed E-state index contributed by atoms with van der Waals surface area (Å²) < 4.78 is 3.90. The third kappa shape index (κ3) is 3.46. The van der Waals surface area contributed by atoms with E-state index < -0.39 is 0 Å². The number of thioether (sulfide) groups is 1. The number of hydrogen-bond donors (Lipinski definition) is 1. The van der Waals surface area contributed by atoms with E-state index in [1.807, 2.05) is 38.4 Å². The van der Waals surface area contributed by atoms with Crippen LogP contribution in [0.15, 0.2) is 35.6 Å². The molecule has 126 valence electrons. The first kappa shape index (κ1) is 16.6. The summed E-state index contributed by atoms with van der Waals surface area (Å²) >= 11 is 1.47. The Kier molecular flexibility index (Phi) is 4.89. The number of carbonyl (C=O) groups is 1. The third-order valence-corrected chi connectivity index (χ3v) is 4.84. The SMILES string of the molecule is CCn1c(SCC(=O)NCc2cn(C)nc2C)nc2ccccc21. The number of fused-ring (bicyclic) bond motifs is 1. The standard InChI is InChI=1S/C17H21N5OS/c1-4-22-15-8-6-5-7-14(15)19-17(22)24-11-16(23)18-9-13-10-21(3)20-12(13)2/h5-8,10H,4,9,11H2,1-3H3,(H,18,23). The minimum atomic E-state index is -0.00189. The number of imidazole rings is 1. The minimum Gasteiger partial charge on any atom is -0.351 e. The number of nitrogens with one attached hydrogen (secondary N) is 1. The highest BCUT2D eigenvalue weighted by molar-refractivity contribution is 7.99. The first-order valence-corrected chi connectivity index (χ1v) is 8.91. The Morgan fingerprint density at radius 3 is 2.83 bits per heavy atom. The van der Waals surface area contributed by atoms with Crippen LogP contribution in [0.25, 0.3) is 11.0 Å². The van der Waals surface area contributed by atoms with E-state index in [9.17, 15) is 4.79 Å².